The molecule has 1 heterocycles. The lowest BCUT2D eigenvalue weighted by Crippen LogP contribution is -2.38. The van der Waals surface area contributed by atoms with Gasteiger partial charge in [0.05, 0.1) is 19.5 Å². The maximum absolute atomic E-state index is 11.0. The molecule has 0 bridgehead atoms. The van der Waals surface area contributed by atoms with Gasteiger partial charge < -0.3 is 20.1 Å². The summed E-state index contributed by atoms with van der Waals surface area (Å²) in [6.07, 6.45) is 2.82. The molecule has 0 radical (unpaired) electrons. The van der Waals surface area contributed by atoms with Crippen molar-refractivity contribution in [3.05, 3.63) is 29.3 Å². The largest absolute Gasteiger partial charge is 0.488 e. The van der Waals surface area contributed by atoms with E-state index in [0.717, 1.165) is 36.2 Å². The lowest BCUT2D eigenvalue weighted by molar-refractivity contribution is 0.140. The highest BCUT2D eigenvalue weighted by Gasteiger charge is 2.18. The van der Waals surface area contributed by atoms with Crippen molar-refractivity contribution in [3.63, 3.8) is 0 Å². The molecule has 1 unspecified atom stereocenters. The molecule has 1 fully saturated rings. The first-order valence-electron chi connectivity index (χ1n) is 9.10. The van der Waals surface area contributed by atoms with E-state index >= 15 is 0 Å². The number of sulfonamides is 1. The fourth-order valence-electron chi connectivity index (χ4n) is 2.66. The lowest BCUT2D eigenvalue weighted by atomic mass is 10.1. The molecule has 1 atom stereocenters. The van der Waals surface area contributed by atoms with Crippen molar-refractivity contribution in [2.24, 2.45) is 4.99 Å². The zero-order valence-corrected chi connectivity index (χ0v) is 19.8. The van der Waals surface area contributed by atoms with E-state index in [4.69, 9.17) is 9.47 Å². The molecular formula is C18H31IN4O4S. The second-order valence-electron chi connectivity index (χ2n) is 6.59. The zero-order valence-electron chi connectivity index (χ0n) is 16.7. The molecule has 8 nitrogen and oxygen atoms in total. The Bertz CT molecular complexity index is 737. The summed E-state index contributed by atoms with van der Waals surface area (Å²) in [4.78, 5) is 4.19. The maximum atomic E-state index is 11.0. The van der Waals surface area contributed by atoms with Gasteiger partial charge in [0, 0.05) is 38.7 Å². The lowest BCUT2D eigenvalue weighted by Gasteiger charge is -2.18. The number of hydrogen-bond donors (Lipinski definition) is 3. The van der Waals surface area contributed by atoms with Gasteiger partial charge >= 0.3 is 0 Å². The van der Waals surface area contributed by atoms with Crippen LogP contribution in [0.4, 0.5) is 0 Å². The predicted molar refractivity (Wildman–Crippen MR) is 122 cm³/mol. The third-order valence-corrected chi connectivity index (χ3v) is 4.81. The molecule has 0 saturated carbocycles. The number of nitrogens with zero attached hydrogens (tertiary/aromatic N) is 1. The van der Waals surface area contributed by atoms with Crippen LogP contribution >= 0.6 is 24.0 Å². The summed E-state index contributed by atoms with van der Waals surface area (Å²) in [5.74, 6) is 1.52. The van der Waals surface area contributed by atoms with Crippen molar-refractivity contribution < 1.29 is 17.9 Å². The molecule has 0 amide bonds. The highest BCUT2D eigenvalue weighted by molar-refractivity contribution is 14.0. The summed E-state index contributed by atoms with van der Waals surface area (Å²) in [7, 11) is -1.44. The van der Waals surface area contributed by atoms with Crippen LogP contribution in [0.1, 0.15) is 24.0 Å². The summed E-state index contributed by atoms with van der Waals surface area (Å²) < 4.78 is 36.0. The minimum atomic E-state index is -3.14. The van der Waals surface area contributed by atoms with Crippen LogP contribution in [0, 0.1) is 6.92 Å². The molecule has 1 aliphatic rings. The topological polar surface area (TPSA) is 101 Å². The Morgan fingerprint density at radius 2 is 2.11 bits per heavy atom. The molecule has 1 saturated heterocycles. The first kappa shape index (κ1) is 24.9. The number of aliphatic imine (C=N–C) groups is 1. The summed E-state index contributed by atoms with van der Waals surface area (Å²) >= 11 is 0. The van der Waals surface area contributed by atoms with Gasteiger partial charge in [-0.2, -0.15) is 0 Å². The molecule has 0 spiro atoms. The third kappa shape index (κ3) is 9.39. The Morgan fingerprint density at radius 3 is 2.75 bits per heavy atom. The smallest absolute Gasteiger partial charge is 0.208 e. The van der Waals surface area contributed by atoms with Crippen molar-refractivity contribution in [1.82, 2.24) is 15.4 Å². The molecule has 1 aliphatic heterocycles. The molecule has 1 aromatic rings. The zero-order chi connectivity index (χ0) is 19.7. The molecule has 10 heteroatoms. The Kier molecular flexibility index (Phi) is 11.1. The Hall–Kier alpha value is -1.11. The van der Waals surface area contributed by atoms with Crippen molar-refractivity contribution >= 4 is 40.0 Å². The number of halogens is 1. The number of hydrogen-bond acceptors (Lipinski definition) is 5. The second-order valence-corrected chi connectivity index (χ2v) is 8.42. The van der Waals surface area contributed by atoms with Crippen LogP contribution in [0.15, 0.2) is 23.2 Å². The maximum Gasteiger partial charge on any atom is 0.208 e. The van der Waals surface area contributed by atoms with Crippen LogP contribution in [0.3, 0.4) is 0 Å². The molecule has 2 rings (SSSR count). The minimum absolute atomic E-state index is 0. The van der Waals surface area contributed by atoms with E-state index in [1.165, 1.54) is 0 Å². The molecular weight excluding hydrogens is 495 g/mol. The van der Waals surface area contributed by atoms with Crippen LogP contribution in [-0.2, 0) is 21.3 Å². The fraction of sp³-hybridized carbons (Fsp3) is 0.611. The van der Waals surface area contributed by atoms with Gasteiger partial charge in [0.15, 0.2) is 5.96 Å². The van der Waals surface area contributed by atoms with Gasteiger partial charge in [-0.05, 0) is 25.0 Å². The van der Waals surface area contributed by atoms with E-state index < -0.39 is 10.0 Å². The first-order valence-corrected chi connectivity index (χ1v) is 11.0. The standard InChI is InChI=1S/C18H30N4O4S.HI/c1-14-5-6-15(17(11-14)26-16-7-10-25-13-16)12-21-18(19-2)20-8-4-9-22-27(3,23)24;/h5-6,11,16,22H,4,7-10,12-13H2,1-3H3,(H2,19,20,21);1H. The molecule has 160 valence electrons. The van der Waals surface area contributed by atoms with Crippen molar-refractivity contribution in [2.75, 3.05) is 39.6 Å². The van der Waals surface area contributed by atoms with Crippen LogP contribution in [0.2, 0.25) is 0 Å². The van der Waals surface area contributed by atoms with Gasteiger partial charge in [0.2, 0.25) is 10.0 Å². The normalized spacial score (nSPS) is 17.1. The third-order valence-electron chi connectivity index (χ3n) is 4.08. The van der Waals surface area contributed by atoms with E-state index in [1.807, 2.05) is 13.0 Å². The van der Waals surface area contributed by atoms with Crippen LogP contribution in [0.25, 0.3) is 0 Å². The Labute approximate surface area is 184 Å². The van der Waals surface area contributed by atoms with Gasteiger partial charge in [-0.15, -0.1) is 24.0 Å². The Balaban J connectivity index is 0.00000392. The van der Waals surface area contributed by atoms with E-state index in [9.17, 15) is 8.42 Å². The number of aryl methyl sites for hydroxylation is 1. The number of rotatable bonds is 9. The number of guanidine groups is 1. The monoisotopic (exact) mass is 526 g/mol. The van der Waals surface area contributed by atoms with Crippen LogP contribution < -0.4 is 20.1 Å². The van der Waals surface area contributed by atoms with Crippen molar-refractivity contribution in [2.45, 2.75) is 32.4 Å². The van der Waals surface area contributed by atoms with Gasteiger partial charge in [-0.25, -0.2) is 13.1 Å². The quantitative estimate of drug-likeness (QED) is 0.195. The van der Waals surface area contributed by atoms with E-state index in [2.05, 4.69) is 32.5 Å². The summed E-state index contributed by atoms with van der Waals surface area (Å²) in [6, 6.07) is 6.15. The number of ether oxygens (including phenoxy) is 2. The highest BCUT2D eigenvalue weighted by atomic mass is 127. The fourth-order valence-corrected chi connectivity index (χ4v) is 3.17. The summed E-state index contributed by atoms with van der Waals surface area (Å²) in [5, 5.41) is 6.44. The minimum Gasteiger partial charge on any atom is -0.488 e. The average molecular weight is 526 g/mol. The van der Waals surface area contributed by atoms with Crippen molar-refractivity contribution in [1.29, 1.82) is 0 Å². The second kappa shape index (κ2) is 12.5. The first-order chi connectivity index (χ1) is 12.9. The van der Waals surface area contributed by atoms with Gasteiger partial charge in [-0.1, -0.05) is 12.1 Å². The molecule has 28 heavy (non-hydrogen) atoms. The highest BCUT2D eigenvalue weighted by Crippen LogP contribution is 2.23. The SMILES string of the molecule is CN=C(NCCCNS(C)(=O)=O)NCc1ccc(C)cc1OC1CCOC1.I. The molecule has 1 aromatic carbocycles. The van der Waals surface area contributed by atoms with Gasteiger partial charge in [0.25, 0.3) is 0 Å². The van der Waals surface area contributed by atoms with E-state index in [-0.39, 0.29) is 30.1 Å². The van der Waals surface area contributed by atoms with Gasteiger partial charge in [-0.3, -0.25) is 4.99 Å². The molecule has 0 aliphatic carbocycles. The predicted octanol–water partition coefficient (Wildman–Crippen LogP) is 1.39. The molecule has 3 N–H and O–H groups in total. The van der Waals surface area contributed by atoms with Gasteiger partial charge in [0.1, 0.15) is 11.9 Å². The molecule has 0 aromatic heterocycles. The van der Waals surface area contributed by atoms with Crippen LogP contribution in [-0.4, -0.2) is 60.1 Å². The van der Waals surface area contributed by atoms with E-state index in [1.54, 1.807) is 7.05 Å². The average Bonchev–Trinajstić information content (AvgIpc) is 3.11. The summed E-state index contributed by atoms with van der Waals surface area (Å²) in [5.41, 5.74) is 2.20. The van der Waals surface area contributed by atoms with Crippen molar-refractivity contribution in [3.8, 4) is 5.75 Å². The summed E-state index contributed by atoms with van der Waals surface area (Å²) in [6.45, 7) is 4.99. The van der Waals surface area contributed by atoms with E-state index in [0.29, 0.717) is 38.6 Å². The number of nitrogens with one attached hydrogen (secondary N) is 3. The Morgan fingerprint density at radius 1 is 1.32 bits per heavy atom. The van der Waals surface area contributed by atoms with Crippen LogP contribution in [0.5, 0.6) is 5.75 Å². The number of benzene rings is 1.